The van der Waals surface area contributed by atoms with Crippen molar-refractivity contribution >= 4 is 33.2 Å². The van der Waals surface area contributed by atoms with Gasteiger partial charge >= 0.3 is 0 Å². The lowest BCUT2D eigenvalue weighted by Gasteiger charge is -2.36. The lowest BCUT2D eigenvalue weighted by Crippen LogP contribution is -2.50. The molecule has 0 bridgehead atoms. The fraction of sp³-hybridized carbons (Fsp3) is 0.350. The molecular formula is C20H24ClN3O4S. The van der Waals surface area contributed by atoms with Crippen LogP contribution in [-0.4, -0.2) is 64.2 Å². The third-order valence-electron chi connectivity index (χ3n) is 4.79. The number of carbonyl (C=O) groups excluding carboxylic acids is 1. The molecule has 1 aliphatic heterocycles. The molecule has 156 valence electrons. The predicted octanol–water partition coefficient (Wildman–Crippen LogP) is 2.23. The second-order valence-corrected chi connectivity index (χ2v) is 9.17. The van der Waals surface area contributed by atoms with E-state index in [1.807, 2.05) is 24.3 Å². The molecule has 1 heterocycles. The Kier molecular flexibility index (Phi) is 7.00. The van der Waals surface area contributed by atoms with Crippen molar-refractivity contribution in [1.82, 2.24) is 9.62 Å². The molecule has 0 saturated carbocycles. The molecular weight excluding hydrogens is 414 g/mol. The first kappa shape index (κ1) is 21.4. The number of hydrogen-bond acceptors (Lipinski definition) is 5. The number of rotatable bonds is 7. The number of halogens is 1. The number of carbonyl (C=O) groups is 1. The summed E-state index contributed by atoms with van der Waals surface area (Å²) < 4.78 is 32.1. The molecule has 0 aromatic heterocycles. The number of amides is 1. The molecule has 9 heteroatoms. The smallest absolute Gasteiger partial charge is 0.251 e. The number of anilines is 1. The Morgan fingerprint density at radius 2 is 1.83 bits per heavy atom. The molecule has 3 rings (SSSR count). The van der Waals surface area contributed by atoms with Gasteiger partial charge in [0, 0.05) is 43.3 Å². The Hall–Kier alpha value is -2.29. The van der Waals surface area contributed by atoms with Crippen LogP contribution in [-0.2, 0) is 10.0 Å². The summed E-state index contributed by atoms with van der Waals surface area (Å²) in [4.78, 5) is 14.2. The van der Waals surface area contributed by atoms with Crippen molar-refractivity contribution in [3.63, 3.8) is 0 Å². The molecule has 1 amide bonds. The lowest BCUT2D eigenvalue weighted by molar-refractivity contribution is 0.0956. The van der Waals surface area contributed by atoms with Crippen LogP contribution in [0.5, 0.6) is 5.75 Å². The lowest BCUT2D eigenvalue weighted by atomic mass is 10.2. The molecule has 0 unspecified atom stereocenters. The summed E-state index contributed by atoms with van der Waals surface area (Å²) in [5.41, 5.74) is 1.36. The summed E-state index contributed by atoms with van der Waals surface area (Å²) in [6.07, 6.45) is 0. The molecule has 0 atom stereocenters. The Bertz CT molecular complexity index is 960. The van der Waals surface area contributed by atoms with E-state index in [9.17, 15) is 13.2 Å². The molecule has 0 aliphatic carbocycles. The average molecular weight is 438 g/mol. The van der Waals surface area contributed by atoms with E-state index in [1.165, 1.54) is 4.31 Å². The number of nitrogens with one attached hydrogen (secondary N) is 1. The first-order valence-corrected chi connectivity index (χ1v) is 11.3. The Labute approximate surface area is 176 Å². The van der Waals surface area contributed by atoms with Crippen molar-refractivity contribution in [2.75, 3.05) is 50.5 Å². The number of ether oxygens (including phenoxy) is 1. The van der Waals surface area contributed by atoms with Gasteiger partial charge in [-0.15, -0.1) is 0 Å². The highest BCUT2D eigenvalue weighted by atomic mass is 35.5. The summed E-state index contributed by atoms with van der Waals surface area (Å²) in [6, 6.07) is 14.2. The topological polar surface area (TPSA) is 79.0 Å². The van der Waals surface area contributed by atoms with Crippen LogP contribution in [0.1, 0.15) is 10.4 Å². The summed E-state index contributed by atoms with van der Waals surface area (Å²) in [6.45, 7) is 1.98. The molecule has 0 spiro atoms. The van der Waals surface area contributed by atoms with Crippen molar-refractivity contribution < 1.29 is 17.9 Å². The van der Waals surface area contributed by atoms with Crippen LogP contribution in [0.25, 0.3) is 0 Å². The first-order valence-electron chi connectivity index (χ1n) is 9.30. The van der Waals surface area contributed by atoms with Gasteiger partial charge in [-0.1, -0.05) is 29.8 Å². The van der Waals surface area contributed by atoms with E-state index in [0.29, 0.717) is 36.8 Å². The van der Waals surface area contributed by atoms with Gasteiger partial charge in [-0.25, -0.2) is 8.42 Å². The quantitative estimate of drug-likeness (QED) is 0.718. The van der Waals surface area contributed by atoms with Gasteiger partial charge in [0.15, 0.2) is 0 Å². The highest BCUT2D eigenvalue weighted by Crippen LogP contribution is 2.28. The van der Waals surface area contributed by atoms with Crippen molar-refractivity contribution in [2.24, 2.45) is 0 Å². The van der Waals surface area contributed by atoms with E-state index in [-0.39, 0.29) is 18.2 Å². The van der Waals surface area contributed by atoms with Crippen LogP contribution in [0.4, 0.5) is 5.69 Å². The van der Waals surface area contributed by atoms with Gasteiger partial charge in [0.1, 0.15) is 5.75 Å². The minimum Gasteiger partial charge on any atom is -0.495 e. The zero-order chi connectivity index (χ0) is 20.9. The number of hydrogen-bond donors (Lipinski definition) is 1. The molecule has 2 aromatic carbocycles. The molecule has 1 N–H and O–H groups in total. The van der Waals surface area contributed by atoms with Crippen molar-refractivity contribution in [3.8, 4) is 5.75 Å². The van der Waals surface area contributed by atoms with Gasteiger partial charge in [-0.2, -0.15) is 4.31 Å². The highest BCUT2D eigenvalue weighted by molar-refractivity contribution is 7.89. The zero-order valence-electron chi connectivity index (χ0n) is 16.2. The number of sulfonamides is 1. The Morgan fingerprint density at radius 1 is 1.10 bits per heavy atom. The average Bonchev–Trinajstić information content (AvgIpc) is 2.73. The monoisotopic (exact) mass is 437 g/mol. The molecule has 29 heavy (non-hydrogen) atoms. The van der Waals surface area contributed by atoms with E-state index in [2.05, 4.69) is 10.2 Å². The van der Waals surface area contributed by atoms with Crippen LogP contribution in [0, 0.1) is 0 Å². The maximum absolute atomic E-state index is 12.6. The zero-order valence-corrected chi connectivity index (χ0v) is 17.7. The molecule has 1 aliphatic rings. The highest BCUT2D eigenvalue weighted by Gasteiger charge is 2.27. The van der Waals surface area contributed by atoms with Crippen LogP contribution in [0.3, 0.4) is 0 Å². The van der Waals surface area contributed by atoms with Gasteiger partial charge in [-0.3, -0.25) is 4.79 Å². The Morgan fingerprint density at radius 3 is 2.52 bits per heavy atom. The number of piperazine rings is 1. The van der Waals surface area contributed by atoms with Crippen LogP contribution < -0.4 is 15.0 Å². The second kappa shape index (κ2) is 9.47. The van der Waals surface area contributed by atoms with E-state index in [4.69, 9.17) is 16.3 Å². The van der Waals surface area contributed by atoms with Crippen LogP contribution in [0.2, 0.25) is 5.02 Å². The van der Waals surface area contributed by atoms with Crippen LogP contribution in [0.15, 0.2) is 48.5 Å². The minimum absolute atomic E-state index is 0.0421. The van der Waals surface area contributed by atoms with E-state index >= 15 is 0 Å². The maximum atomic E-state index is 12.6. The van der Waals surface area contributed by atoms with Crippen molar-refractivity contribution in [1.29, 1.82) is 0 Å². The predicted molar refractivity (Wildman–Crippen MR) is 114 cm³/mol. The molecule has 2 aromatic rings. The van der Waals surface area contributed by atoms with Gasteiger partial charge < -0.3 is 15.0 Å². The largest absolute Gasteiger partial charge is 0.495 e. The van der Waals surface area contributed by atoms with Gasteiger partial charge in [0.05, 0.1) is 18.6 Å². The summed E-state index contributed by atoms with van der Waals surface area (Å²) in [5, 5.41) is 3.10. The van der Waals surface area contributed by atoms with E-state index in [0.717, 1.165) is 11.4 Å². The molecule has 0 radical (unpaired) electrons. The number of nitrogens with zero attached hydrogens (tertiary/aromatic N) is 2. The summed E-state index contributed by atoms with van der Waals surface area (Å²) >= 11 is 5.88. The van der Waals surface area contributed by atoms with E-state index < -0.39 is 10.0 Å². The Balaban J connectivity index is 1.51. The standard InChI is InChI=1S/C20H24ClN3O4S/c1-28-19-8-3-2-7-18(19)23-10-12-24(13-11-23)29(26,27)14-9-22-20(25)16-5-4-6-17(21)15-16/h2-8,15H,9-14H2,1H3,(H,22,25). The van der Waals surface area contributed by atoms with Gasteiger partial charge in [0.2, 0.25) is 10.0 Å². The third kappa shape index (κ3) is 5.41. The fourth-order valence-corrected chi connectivity index (χ4v) is 4.78. The van der Waals surface area contributed by atoms with Crippen molar-refractivity contribution in [2.45, 2.75) is 0 Å². The number of benzene rings is 2. The third-order valence-corrected chi connectivity index (χ3v) is 6.90. The van der Waals surface area contributed by atoms with Crippen molar-refractivity contribution in [3.05, 3.63) is 59.1 Å². The fourth-order valence-electron chi connectivity index (χ4n) is 3.25. The summed E-state index contributed by atoms with van der Waals surface area (Å²) in [5.74, 6) is 0.282. The number of para-hydroxylation sites is 2. The summed E-state index contributed by atoms with van der Waals surface area (Å²) in [7, 11) is -1.83. The molecule has 7 nitrogen and oxygen atoms in total. The molecule has 1 fully saturated rings. The maximum Gasteiger partial charge on any atom is 0.251 e. The SMILES string of the molecule is COc1ccccc1N1CCN(S(=O)(=O)CCNC(=O)c2cccc(Cl)c2)CC1. The minimum atomic E-state index is -3.46. The normalized spacial score (nSPS) is 15.2. The van der Waals surface area contributed by atoms with Gasteiger partial charge in [0.25, 0.3) is 5.91 Å². The second-order valence-electron chi connectivity index (χ2n) is 6.64. The first-order chi connectivity index (χ1) is 13.9. The molecule has 1 saturated heterocycles. The van der Waals surface area contributed by atoms with Crippen LogP contribution >= 0.6 is 11.6 Å². The van der Waals surface area contributed by atoms with E-state index in [1.54, 1.807) is 31.4 Å². The number of methoxy groups -OCH3 is 1. The van der Waals surface area contributed by atoms with Gasteiger partial charge in [-0.05, 0) is 30.3 Å².